The summed E-state index contributed by atoms with van der Waals surface area (Å²) in [6, 6.07) is 7.56. The van der Waals surface area contributed by atoms with Gasteiger partial charge in [-0.3, -0.25) is 0 Å². The van der Waals surface area contributed by atoms with Gasteiger partial charge >= 0.3 is 0 Å². The van der Waals surface area contributed by atoms with Crippen molar-refractivity contribution in [3.05, 3.63) is 48.0 Å². The summed E-state index contributed by atoms with van der Waals surface area (Å²) in [5.74, 6) is 0.778. The third-order valence-corrected chi connectivity index (χ3v) is 2.97. The Morgan fingerprint density at radius 2 is 2.21 bits per heavy atom. The minimum Gasteiger partial charge on any atom is -0.494 e. The second kappa shape index (κ2) is 6.38. The summed E-state index contributed by atoms with van der Waals surface area (Å²) in [6.45, 7) is 5.52. The number of aliphatic hydroxyl groups is 1. The van der Waals surface area contributed by atoms with E-state index in [2.05, 4.69) is 11.9 Å². The number of benzene rings is 1. The van der Waals surface area contributed by atoms with Gasteiger partial charge in [0.05, 0.1) is 24.8 Å². The summed E-state index contributed by atoms with van der Waals surface area (Å²) in [7, 11) is 0. The third kappa shape index (κ3) is 3.15. The zero-order chi connectivity index (χ0) is 13.7. The average molecular weight is 260 g/mol. The summed E-state index contributed by atoms with van der Waals surface area (Å²) >= 11 is 0. The Morgan fingerprint density at radius 1 is 1.37 bits per heavy atom. The molecule has 0 amide bonds. The fourth-order valence-electron chi connectivity index (χ4n) is 2.10. The predicted octanol–water partition coefficient (Wildman–Crippen LogP) is 2.77. The molecule has 1 N–H and O–H groups in total. The van der Waals surface area contributed by atoms with Crippen molar-refractivity contribution in [2.45, 2.75) is 32.9 Å². The molecule has 1 unspecified atom stereocenters. The number of hydrogen-bond donors (Lipinski definition) is 1. The van der Waals surface area contributed by atoms with E-state index >= 15 is 0 Å². The molecule has 1 aromatic carbocycles. The maximum atomic E-state index is 10.5. The van der Waals surface area contributed by atoms with Gasteiger partial charge in [-0.05, 0) is 31.0 Å². The zero-order valence-electron chi connectivity index (χ0n) is 11.4. The zero-order valence-corrected chi connectivity index (χ0v) is 11.4. The van der Waals surface area contributed by atoms with E-state index in [4.69, 9.17) is 4.74 Å². The van der Waals surface area contributed by atoms with Crippen molar-refractivity contribution < 1.29 is 9.84 Å². The number of imidazole rings is 1. The van der Waals surface area contributed by atoms with Gasteiger partial charge in [-0.25, -0.2) is 4.98 Å². The molecule has 0 saturated carbocycles. The number of nitrogens with zero attached hydrogens (tertiary/aromatic N) is 2. The Bertz CT molecular complexity index is 522. The first kappa shape index (κ1) is 13.6. The number of aromatic nitrogens is 2. The number of aliphatic hydroxyl groups excluding tert-OH is 1. The molecular weight excluding hydrogens is 240 g/mol. The fourth-order valence-corrected chi connectivity index (χ4v) is 2.10. The van der Waals surface area contributed by atoms with Crippen LogP contribution >= 0.6 is 0 Å². The summed E-state index contributed by atoms with van der Waals surface area (Å²) < 4.78 is 7.44. The lowest BCUT2D eigenvalue weighted by molar-refractivity contribution is 0.209. The molecule has 1 aromatic heterocycles. The molecule has 0 aliphatic rings. The fraction of sp³-hybridized carbons (Fsp3) is 0.400. The first-order valence-corrected chi connectivity index (χ1v) is 6.67. The quantitative estimate of drug-likeness (QED) is 0.868. The molecule has 0 radical (unpaired) electrons. The Balaban J connectivity index is 2.25. The minimum absolute atomic E-state index is 0.618. The summed E-state index contributed by atoms with van der Waals surface area (Å²) in [6.07, 6.45) is 3.81. The normalized spacial score (nSPS) is 12.4. The summed E-state index contributed by atoms with van der Waals surface area (Å²) in [5.41, 5.74) is 1.64. The van der Waals surface area contributed by atoms with E-state index in [9.17, 15) is 5.11 Å². The molecule has 2 rings (SSSR count). The second-order valence-electron chi connectivity index (χ2n) is 4.42. The van der Waals surface area contributed by atoms with Crippen LogP contribution in [0.3, 0.4) is 0 Å². The van der Waals surface area contributed by atoms with Crippen LogP contribution in [0.2, 0.25) is 0 Å². The maximum absolute atomic E-state index is 10.5. The lowest BCUT2D eigenvalue weighted by Gasteiger charge is -2.14. The number of rotatable bonds is 6. The van der Waals surface area contributed by atoms with Crippen molar-refractivity contribution >= 4 is 0 Å². The number of ether oxygens (including phenoxy) is 1. The van der Waals surface area contributed by atoms with Crippen molar-refractivity contribution in [1.29, 1.82) is 0 Å². The largest absolute Gasteiger partial charge is 0.494 e. The molecule has 0 aliphatic carbocycles. The summed E-state index contributed by atoms with van der Waals surface area (Å²) in [5, 5.41) is 10.5. The SMILES string of the molecule is CCCn1cncc1C(O)c1cccc(OCC)c1. The minimum atomic E-state index is -0.672. The molecule has 0 fully saturated rings. The second-order valence-corrected chi connectivity index (χ2v) is 4.42. The van der Waals surface area contributed by atoms with Crippen molar-refractivity contribution in [3.8, 4) is 5.75 Å². The molecular formula is C15H20N2O2. The molecule has 4 nitrogen and oxygen atoms in total. The van der Waals surface area contributed by atoms with Crippen LogP contribution in [0.5, 0.6) is 5.75 Å². The van der Waals surface area contributed by atoms with Gasteiger partial charge < -0.3 is 14.4 Å². The van der Waals surface area contributed by atoms with Gasteiger partial charge in [0.25, 0.3) is 0 Å². The van der Waals surface area contributed by atoms with Crippen molar-refractivity contribution in [1.82, 2.24) is 9.55 Å². The van der Waals surface area contributed by atoms with Crippen LogP contribution in [-0.4, -0.2) is 21.3 Å². The van der Waals surface area contributed by atoms with Gasteiger partial charge in [-0.15, -0.1) is 0 Å². The standard InChI is InChI=1S/C15H20N2O2/c1-3-8-17-11-16-10-14(17)15(18)12-6-5-7-13(9-12)19-4-2/h5-7,9-11,15,18H,3-4,8H2,1-2H3. The van der Waals surface area contributed by atoms with Crippen LogP contribution in [0, 0.1) is 0 Å². The monoisotopic (exact) mass is 260 g/mol. The molecule has 4 heteroatoms. The highest BCUT2D eigenvalue weighted by molar-refractivity contribution is 5.33. The van der Waals surface area contributed by atoms with E-state index in [-0.39, 0.29) is 0 Å². The van der Waals surface area contributed by atoms with Crippen molar-refractivity contribution in [3.63, 3.8) is 0 Å². The van der Waals surface area contributed by atoms with Gasteiger partial charge in [0.2, 0.25) is 0 Å². The van der Waals surface area contributed by atoms with E-state index in [1.807, 2.05) is 35.8 Å². The van der Waals surface area contributed by atoms with Gasteiger partial charge in [0.15, 0.2) is 0 Å². The van der Waals surface area contributed by atoms with Gasteiger partial charge in [-0.2, -0.15) is 0 Å². The highest BCUT2D eigenvalue weighted by Gasteiger charge is 2.15. The summed E-state index contributed by atoms with van der Waals surface area (Å²) in [4.78, 5) is 4.12. The van der Waals surface area contributed by atoms with Crippen LogP contribution in [0.15, 0.2) is 36.8 Å². The van der Waals surface area contributed by atoms with Crippen molar-refractivity contribution in [2.24, 2.45) is 0 Å². The number of hydrogen-bond acceptors (Lipinski definition) is 3. The van der Waals surface area contributed by atoms with Crippen molar-refractivity contribution in [2.75, 3.05) is 6.61 Å². The van der Waals surface area contributed by atoms with E-state index in [0.29, 0.717) is 6.61 Å². The molecule has 0 spiro atoms. The van der Waals surface area contributed by atoms with Gasteiger partial charge in [0, 0.05) is 6.54 Å². The van der Waals surface area contributed by atoms with Crippen LogP contribution < -0.4 is 4.74 Å². The van der Waals surface area contributed by atoms with E-state index in [1.165, 1.54) is 0 Å². The molecule has 19 heavy (non-hydrogen) atoms. The number of aryl methyl sites for hydroxylation is 1. The molecule has 1 heterocycles. The maximum Gasteiger partial charge on any atom is 0.121 e. The van der Waals surface area contributed by atoms with E-state index in [1.54, 1.807) is 12.5 Å². The third-order valence-electron chi connectivity index (χ3n) is 2.97. The lowest BCUT2D eigenvalue weighted by Crippen LogP contribution is -2.08. The van der Waals surface area contributed by atoms with Gasteiger partial charge in [-0.1, -0.05) is 19.1 Å². The van der Waals surface area contributed by atoms with Crippen LogP contribution in [-0.2, 0) is 6.54 Å². The molecule has 1 atom stereocenters. The first-order chi connectivity index (χ1) is 9.26. The average Bonchev–Trinajstić information content (AvgIpc) is 2.87. The Hall–Kier alpha value is -1.81. The highest BCUT2D eigenvalue weighted by Crippen LogP contribution is 2.25. The Kier molecular flexibility index (Phi) is 4.58. The van der Waals surface area contributed by atoms with Crippen LogP contribution in [0.4, 0.5) is 0 Å². The predicted molar refractivity (Wildman–Crippen MR) is 74.2 cm³/mol. The van der Waals surface area contributed by atoms with E-state index in [0.717, 1.165) is 30.0 Å². The molecule has 0 bridgehead atoms. The highest BCUT2D eigenvalue weighted by atomic mass is 16.5. The van der Waals surface area contributed by atoms with Crippen LogP contribution in [0.25, 0.3) is 0 Å². The smallest absolute Gasteiger partial charge is 0.121 e. The Morgan fingerprint density at radius 3 is 2.95 bits per heavy atom. The first-order valence-electron chi connectivity index (χ1n) is 6.67. The topological polar surface area (TPSA) is 47.3 Å². The molecule has 0 aliphatic heterocycles. The molecule has 2 aromatic rings. The lowest BCUT2D eigenvalue weighted by atomic mass is 10.1. The van der Waals surface area contributed by atoms with E-state index < -0.39 is 6.10 Å². The molecule has 0 saturated heterocycles. The van der Waals surface area contributed by atoms with Crippen LogP contribution in [0.1, 0.15) is 37.6 Å². The Labute approximate surface area is 113 Å². The van der Waals surface area contributed by atoms with Gasteiger partial charge in [0.1, 0.15) is 11.9 Å². The molecule has 102 valence electrons.